The highest BCUT2D eigenvalue weighted by Gasteiger charge is 1.99. The minimum Gasteiger partial charge on any atom is -0.248 e. The van der Waals surface area contributed by atoms with E-state index in [4.69, 9.17) is 0 Å². The summed E-state index contributed by atoms with van der Waals surface area (Å²) in [5, 5.41) is 8.41. The van der Waals surface area contributed by atoms with Crippen LogP contribution in [-0.2, 0) is 13.0 Å². The molecule has 3 nitrogen and oxygen atoms in total. The molecule has 3 heteroatoms. The molecule has 0 atom stereocenters. The number of hydrogen-bond acceptors (Lipinski definition) is 2. The van der Waals surface area contributed by atoms with Crippen LogP contribution in [0.2, 0.25) is 0 Å². The molecule has 0 amide bonds. The average Bonchev–Trinajstić information content (AvgIpc) is 2.84. The lowest BCUT2D eigenvalue weighted by atomic mass is 10.1. The van der Waals surface area contributed by atoms with E-state index in [9.17, 15) is 0 Å². The van der Waals surface area contributed by atoms with Crippen LogP contribution in [0.25, 0.3) is 0 Å². The first-order valence-corrected chi connectivity index (χ1v) is 7.79. The zero-order chi connectivity index (χ0) is 14.8. The van der Waals surface area contributed by atoms with Crippen molar-refractivity contribution in [1.82, 2.24) is 15.0 Å². The molecule has 1 aromatic heterocycles. The van der Waals surface area contributed by atoms with Crippen LogP contribution in [0.15, 0.2) is 29.5 Å². The van der Waals surface area contributed by atoms with E-state index in [2.05, 4.69) is 56.4 Å². The van der Waals surface area contributed by atoms with Crippen LogP contribution in [-0.4, -0.2) is 15.0 Å². The second kappa shape index (κ2) is 9.51. The normalized spacial score (nSPS) is 11.7. The summed E-state index contributed by atoms with van der Waals surface area (Å²) in [6, 6.07) is 0. The topological polar surface area (TPSA) is 30.7 Å². The van der Waals surface area contributed by atoms with Crippen LogP contribution in [0.1, 0.15) is 65.5 Å². The molecule has 0 bridgehead atoms. The van der Waals surface area contributed by atoms with Crippen molar-refractivity contribution in [2.24, 2.45) is 0 Å². The Bertz CT molecular complexity index is 437. The Morgan fingerprint density at radius 1 is 1.20 bits per heavy atom. The molecule has 0 fully saturated rings. The molecule has 1 rings (SSSR count). The van der Waals surface area contributed by atoms with Gasteiger partial charge in [-0.15, -0.1) is 5.10 Å². The highest BCUT2D eigenvalue weighted by Crippen LogP contribution is 2.07. The standard InChI is InChI=1S/C17H29N3/c1-5-6-7-11-17-14-20(19-18-17)13-12-16(4)10-8-9-15(2)3/h9,12,14H,5-8,10-11,13H2,1-4H3/b16-12+. The molecule has 0 aliphatic rings. The maximum absolute atomic E-state index is 4.23. The van der Waals surface area contributed by atoms with E-state index in [1.54, 1.807) is 0 Å². The first kappa shape index (κ1) is 16.7. The molecule has 1 heterocycles. The summed E-state index contributed by atoms with van der Waals surface area (Å²) in [5.41, 5.74) is 3.94. The molecule has 0 saturated heterocycles. The molecule has 1 aromatic rings. The molecule has 0 saturated carbocycles. The zero-order valence-corrected chi connectivity index (χ0v) is 13.5. The molecule has 112 valence electrons. The highest BCUT2D eigenvalue weighted by atomic mass is 15.4. The van der Waals surface area contributed by atoms with Gasteiger partial charge in [0.15, 0.2) is 0 Å². The fourth-order valence-corrected chi connectivity index (χ4v) is 2.04. The number of nitrogens with zero attached hydrogens (tertiary/aromatic N) is 3. The first-order valence-electron chi connectivity index (χ1n) is 7.79. The van der Waals surface area contributed by atoms with Gasteiger partial charge in [-0.2, -0.15) is 0 Å². The van der Waals surface area contributed by atoms with Crippen molar-refractivity contribution in [1.29, 1.82) is 0 Å². The second-order valence-corrected chi connectivity index (χ2v) is 5.76. The van der Waals surface area contributed by atoms with Crippen molar-refractivity contribution in [3.05, 3.63) is 35.2 Å². The number of allylic oxidation sites excluding steroid dienone is 4. The van der Waals surface area contributed by atoms with Gasteiger partial charge in [-0.3, -0.25) is 0 Å². The van der Waals surface area contributed by atoms with Crippen LogP contribution < -0.4 is 0 Å². The van der Waals surface area contributed by atoms with Crippen LogP contribution in [0.5, 0.6) is 0 Å². The summed E-state index contributed by atoms with van der Waals surface area (Å²) >= 11 is 0. The Balaban J connectivity index is 2.35. The Morgan fingerprint density at radius 2 is 2.00 bits per heavy atom. The Kier molecular flexibility index (Phi) is 7.93. The number of unbranched alkanes of at least 4 members (excludes halogenated alkanes) is 2. The van der Waals surface area contributed by atoms with Crippen molar-refractivity contribution in [3.63, 3.8) is 0 Å². The third-order valence-corrected chi connectivity index (χ3v) is 3.34. The number of hydrogen-bond donors (Lipinski definition) is 0. The predicted octanol–water partition coefficient (Wildman–Crippen LogP) is 4.70. The minimum atomic E-state index is 0.835. The SMILES string of the molecule is CCCCCc1cn(C/C=C(\C)CCC=C(C)C)nn1. The maximum Gasteiger partial charge on any atom is 0.0827 e. The van der Waals surface area contributed by atoms with Gasteiger partial charge in [0.25, 0.3) is 0 Å². The van der Waals surface area contributed by atoms with E-state index in [-0.39, 0.29) is 0 Å². The van der Waals surface area contributed by atoms with Crippen LogP contribution >= 0.6 is 0 Å². The predicted molar refractivity (Wildman–Crippen MR) is 85.7 cm³/mol. The summed E-state index contributed by atoms with van der Waals surface area (Å²) < 4.78 is 1.94. The van der Waals surface area contributed by atoms with Gasteiger partial charge >= 0.3 is 0 Å². The Morgan fingerprint density at radius 3 is 2.70 bits per heavy atom. The molecule has 0 aromatic carbocycles. The van der Waals surface area contributed by atoms with Crippen molar-refractivity contribution < 1.29 is 0 Å². The van der Waals surface area contributed by atoms with Gasteiger partial charge in [-0.25, -0.2) is 4.68 Å². The largest absolute Gasteiger partial charge is 0.248 e. The third-order valence-electron chi connectivity index (χ3n) is 3.34. The number of aromatic nitrogens is 3. The number of aryl methyl sites for hydroxylation is 1. The van der Waals surface area contributed by atoms with Crippen molar-refractivity contribution >= 4 is 0 Å². The van der Waals surface area contributed by atoms with Crippen LogP contribution in [0.3, 0.4) is 0 Å². The van der Waals surface area contributed by atoms with E-state index in [0.29, 0.717) is 0 Å². The molecule has 0 aliphatic carbocycles. The van der Waals surface area contributed by atoms with E-state index in [1.807, 2.05) is 4.68 Å². The molecule has 0 radical (unpaired) electrons. The van der Waals surface area contributed by atoms with Gasteiger partial charge in [-0.05, 0) is 46.5 Å². The summed E-state index contributed by atoms with van der Waals surface area (Å²) in [4.78, 5) is 0. The fourth-order valence-electron chi connectivity index (χ4n) is 2.04. The molecule has 0 unspecified atom stereocenters. The van der Waals surface area contributed by atoms with E-state index in [1.165, 1.54) is 30.4 Å². The van der Waals surface area contributed by atoms with E-state index in [0.717, 1.165) is 31.5 Å². The monoisotopic (exact) mass is 275 g/mol. The second-order valence-electron chi connectivity index (χ2n) is 5.76. The lowest BCUT2D eigenvalue weighted by Crippen LogP contribution is -1.96. The molecule has 0 spiro atoms. The fraction of sp³-hybridized carbons (Fsp3) is 0.647. The van der Waals surface area contributed by atoms with Gasteiger partial charge in [-0.1, -0.05) is 48.3 Å². The summed E-state index contributed by atoms with van der Waals surface area (Å²) in [5.74, 6) is 0. The van der Waals surface area contributed by atoms with E-state index >= 15 is 0 Å². The average molecular weight is 275 g/mol. The van der Waals surface area contributed by atoms with Crippen LogP contribution in [0.4, 0.5) is 0 Å². The molecular formula is C17H29N3. The molecule has 0 aliphatic heterocycles. The zero-order valence-electron chi connectivity index (χ0n) is 13.5. The third kappa shape index (κ3) is 7.27. The lowest BCUT2D eigenvalue weighted by molar-refractivity contribution is 0.655. The van der Waals surface area contributed by atoms with Gasteiger partial charge in [0.1, 0.15) is 0 Å². The van der Waals surface area contributed by atoms with Crippen molar-refractivity contribution in [3.8, 4) is 0 Å². The Hall–Kier alpha value is -1.38. The van der Waals surface area contributed by atoms with Crippen molar-refractivity contribution in [2.45, 2.75) is 72.8 Å². The highest BCUT2D eigenvalue weighted by molar-refractivity contribution is 5.02. The van der Waals surface area contributed by atoms with Crippen molar-refractivity contribution in [2.75, 3.05) is 0 Å². The van der Waals surface area contributed by atoms with Gasteiger partial charge in [0.05, 0.1) is 12.2 Å². The minimum absolute atomic E-state index is 0.835. The van der Waals surface area contributed by atoms with Crippen LogP contribution in [0, 0.1) is 0 Å². The Labute approximate surface area is 123 Å². The molecule has 20 heavy (non-hydrogen) atoms. The van der Waals surface area contributed by atoms with Gasteiger partial charge in [0, 0.05) is 6.20 Å². The van der Waals surface area contributed by atoms with Gasteiger partial charge in [0.2, 0.25) is 0 Å². The summed E-state index contributed by atoms with van der Waals surface area (Å²) in [6.07, 6.45) is 13.7. The number of rotatable bonds is 9. The molecular weight excluding hydrogens is 246 g/mol. The van der Waals surface area contributed by atoms with Gasteiger partial charge < -0.3 is 0 Å². The quantitative estimate of drug-likeness (QED) is 0.483. The summed E-state index contributed by atoms with van der Waals surface area (Å²) in [7, 11) is 0. The first-order chi connectivity index (χ1) is 9.61. The maximum atomic E-state index is 4.23. The summed E-state index contributed by atoms with van der Waals surface area (Å²) in [6.45, 7) is 9.54. The lowest BCUT2D eigenvalue weighted by Gasteiger charge is -1.99. The molecule has 0 N–H and O–H groups in total. The van der Waals surface area contributed by atoms with E-state index < -0.39 is 0 Å². The smallest absolute Gasteiger partial charge is 0.0827 e.